The largest absolute Gasteiger partial charge is 0.489 e. The molecule has 0 unspecified atom stereocenters. The fraction of sp³-hybridized carbons (Fsp3) is 0.188. The summed E-state index contributed by atoms with van der Waals surface area (Å²) in [6.45, 7) is 2.60. The Bertz CT molecular complexity index is 578. The zero-order chi connectivity index (χ0) is 13.7. The summed E-state index contributed by atoms with van der Waals surface area (Å²) in [5, 5.41) is 7.42. The first kappa shape index (κ1) is 13.1. The third kappa shape index (κ3) is 3.58. The molecular formula is C16H18N2O. The van der Waals surface area contributed by atoms with Crippen molar-refractivity contribution in [2.75, 3.05) is 0 Å². The maximum Gasteiger partial charge on any atom is 0.122 e. The number of rotatable bonds is 5. The summed E-state index contributed by atoms with van der Waals surface area (Å²) in [4.78, 5) is 0. The zero-order valence-electron chi connectivity index (χ0n) is 11.0. The van der Waals surface area contributed by atoms with E-state index in [0.717, 1.165) is 23.3 Å². The first-order valence-corrected chi connectivity index (χ1v) is 6.34. The average Bonchev–Trinajstić information content (AvgIpc) is 2.45. The predicted molar refractivity (Wildman–Crippen MR) is 77.6 cm³/mol. The van der Waals surface area contributed by atoms with E-state index in [9.17, 15) is 0 Å². The van der Waals surface area contributed by atoms with Crippen LogP contribution < -0.4 is 10.5 Å². The number of nitrogen functional groups attached to an aromatic ring is 1. The van der Waals surface area contributed by atoms with Gasteiger partial charge in [-0.3, -0.25) is 5.41 Å². The van der Waals surface area contributed by atoms with Gasteiger partial charge in [-0.05, 0) is 35.7 Å². The van der Waals surface area contributed by atoms with Crippen LogP contribution in [0.3, 0.4) is 0 Å². The molecule has 2 aromatic rings. The molecule has 0 spiro atoms. The summed E-state index contributed by atoms with van der Waals surface area (Å²) >= 11 is 0. The minimum Gasteiger partial charge on any atom is -0.489 e. The molecule has 0 saturated carbocycles. The van der Waals surface area contributed by atoms with Gasteiger partial charge in [0.05, 0.1) is 0 Å². The Balaban J connectivity index is 2.05. The molecule has 0 aliphatic rings. The molecular weight excluding hydrogens is 236 g/mol. The lowest BCUT2D eigenvalue weighted by Crippen LogP contribution is -2.11. The van der Waals surface area contributed by atoms with E-state index >= 15 is 0 Å². The molecule has 19 heavy (non-hydrogen) atoms. The van der Waals surface area contributed by atoms with Gasteiger partial charge >= 0.3 is 0 Å². The van der Waals surface area contributed by atoms with Crippen LogP contribution in [0.1, 0.15) is 23.6 Å². The normalized spacial score (nSPS) is 10.2. The second-order valence-electron chi connectivity index (χ2n) is 4.40. The summed E-state index contributed by atoms with van der Waals surface area (Å²) in [6, 6.07) is 15.6. The molecule has 3 nitrogen and oxygen atoms in total. The first-order valence-electron chi connectivity index (χ1n) is 6.34. The van der Waals surface area contributed by atoms with E-state index < -0.39 is 0 Å². The highest BCUT2D eigenvalue weighted by atomic mass is 16.5. The quantitative estimate of drug-likeness (QED) is 0.636. The highest BCUT2D eigenvalue weighted by molar-refractivity contribution is 5.95. The van der Waals surface area contributed by atoms with E-state index in [1.807, 2.05) is 36.4 Å². The Morgan fingerprint density at radius 3 is 2.58 bits per heavy atom. The number of ether oxygens (including phenoxy) is 1. The van der Waals surface area contributed by atoms with Gasteiger partial charge in [-0.25, -0.2) is 0 Å². The van der Waals surface area contributed by atoms with Crippen LogP contribution in [-0.4, -0.2) is 5.84 Å². The maximum absolute atomic E-state index is 7.42. The van der Waals surface area contributed by atoms with Gasteiger partial charge in [0.2, 0.25) is 0 Å². The van der Waals surface area contributed by atoms with Gasteiger partial charge < -0.3 is 10.5 Å². The molecule has 0 bridgehead atoms. The molecule has 0 aliphatic carbocycles. The van der Waals surface area contributed by atoms with Gasteiger partial charge in [0, 0.05) is 5.56 Å². The summed E-state index contributed by atoms with van der Waals surface area (Å²) in [7, 11) is 0. The zero-order valence-corrected chi connectivity index (χ0v) is 11.0. The molecule has 0 amide bonds. The third-order valence-electron chi connectivity index (χ3n) is 2.95. The Morgan fingerprint density at radius 2 is 1.84 bits per heavy atom. The average molecular weight is 254 g/mol. The van der Waals surface area contributed by atoms with Gasteiger partial charge in [-0.1, -0.05) is 37.3 Å². The summed E-state index contributed by atoms with van der Waals surface area (Å²) < 4.78 is 5.76. The fourth-order valence-corrected chi connectivity index (χ4v) is 1.85. The number of benzene rings is 2. The van der Waals surface area contributed by atoms with Crippen molar-refractivity contribution in [3.8, 4) is 5.75 Å². The van der Waals surface area contributed by atoms with E-state index in [1.54, 1.807) is 0 Å². The number of amidine groups is 1. The van der Waals surface area contributed by atoms with Crippen molar-refractivity contribution in [2.45, 2.75) is 20.0 Å². The third-order valence-corrected chi connectivity index (χ3v) is 2.95. The smallest absolute Gasteiger partial charge is 0.122 e. The maximum atomic E-state index is 7.42. The molecule has 0 radical (unpaired) electrons. The van der Waals surface area contributed by atoms with Crippen LogP contribution in [0.25, 0.3) is 0 Å². The molecule has 2 aromatic carbocycles. The minimum absolute atomic E-state index is 0.0785. The Kier molecular flexibility index (Phi) is 4.18. The number of nitrogens with two attached hydrogens (primary N) is 1. The minimum atomic E-state index is 0.0785. The van der Waals surface area contributed by atoms with E-state index in [-0.39, 0.29) is 5.84 Å². The molecule has 0 fully saturated rings. The van der Waals surface area contributed by atoms with Gasteiger partial charge in [-0.15, -0.1) is 0 Å². The molecule has 3 heteroatoms. The Labute approximate surface area is 113 Å². The molecule has 0 aliphatic heterocycles. The van der Waals surface area contributed by atoms with Crippen molar-refractivity contribution >= 4 is 5.84 Å². The fourth-order valence-electron chi connectivity index (χ4n) is 1.85. The number of hydrogen-bond donors (Lipinski definition) is 2. The van der Waals surface area contributed by atoms with Crippen LogP contribution in [0.4, 0.5) is 0 Å². The topological polar surface area (TPSA) is 59.1 Å². The van der Waals surface area contributed by atoms with E-state index in [4.69, 9.17) is 15.9 Å². The standard InChI is InChI=1S/C16H18N2O/c1-2-12-5-4-8-15(10-12)19-11-13-6-3-7-14(9-13)16(17)18/h3-10H,2,11H2,1H3,(H3,17,18). The molecule has 0 aromatic heterocycles. The van der Waals surface area contributed by atoms with Gasteiger partial charge in [0.1, 0.15) is 18.2 Å². The lowest BCUT2D eigenvalue weighted by atomic mass is 10.1. The van der Waals surface area contributed by atoms with Crippen molar-refractivity contribution in [3.05, 3.63) is 65.2 Å². The van der Waals surface area contributed by atoms with Gasteiger partial charge in [0.15, 0.2) is 0 Å². The van der Waals surface area contributed by atoms with Crippen LogP contribution in [0.5, 0.6) is 5.75 Å². The van der Waals surface area contributed by atoms with Crippen LogP contribution in [0.15, 0.2) is 48.5 Å². The lowest BCUT2D eigenvalue weighted by Gasteiger charge is -2.08. The van der Waals surface area contributed by atoms with Crippen LogP contribution in [0.2, 0.25) is 0 Å². The van der Waals surface area contributed by atoms with Crippen molar-refractivity contribution in [1.29, 1.82) is 5.41 Å². The Morgan fingerprint density at radius 1 is 1.11 bits per heavy atom. The molecule has 0 saturated heterocycles. The van der Waals surface area contributed by atoms with Crippen molar-refractivity contribution in [2.24, 2.45) is 5.73 Å². The van der Waals surface area contributed by atoms with E-state index in [0.29, 0.717) is 6.61 Å². The second-order valence-corrected chi connectivity index (χ2v) is 4.40. The number of hydrogen-bond acceptors (Lipinski definition) is 2. The highest BCUT2D eigenvalue weighted by Gasteiger charge is 2.00. The molecule has 0 heterocycles. The monoisotopic (exact) mass is 254 g/mol. The van der Waals surface area contributed by atoms with E-state index in [1.165, 1.54) is 5.56 Å². The molecule has 3 N–H and O–H groups in total. The predicted octanol–water partition coefficient (Wildman–Crippen LogP) is 3.11. The SMILES string of the molecule is CCc1cccc(OCc2cccc(C(=N)N)c2)c1. The summed E-state index contributed by atoms with van der Waals surface area (Å²) in [5.41, 5.74) is 8.46. The highest BCUT2D eigenvalue weighted by Crippen LogP contribution is 2.16. The van der Waals surface area contributed by atoms with Gasteiger partial charge in [-0.2, -0.15) is 0 Å². The van der Waals surface area contributed by atoms with Crippen LogP contribution in [-0.2, 0) is 13.0 Å². The van der Waals surface area contributed by atoms with Crippen LogP contribution >= 0.6 is 0 Å². The van der Waals surface area contributed by atoms with Crippen LogP contribution in [0, 0.1) is 5.41 Å². The second kappa shape index (κ2) is 6.05. The molecule has 98 valence electrons. The van der Waals surface area contributed by atoms with Crippen molar-refractivity contribution in [1.82, 2.24) is 0 Å². The van der Waals surface area contributed by atoms with Crippen molar-refractivity contribution in [3.63, 3.8) is 0 Å². The van der Waals surface area contributed by atoms with E-state index in [2.05, 4.69) is 19.1 Å². The number of nitrogens with one attached hydrogen (secondary N) is 1. The molecule has 0 atom stereocenters. The molecule has 2 rings (SSSR count). The Hall–Kier alpha value is -2.29. The lowest BCUT2D eigenvalue weighted by molar-refractivity contribution is 0.306. The van der Waals surface area contributed by atoms with Gasteiger partial charge in [0.25, 0.3) is 0 Å². The summed E-state index contributed by atoms with van der Waals surface area (Å²) in [5.74, 6) is 0.947. The number of aryl methyl sites for hydroxylation is 1. The first-order chi connectivity index (χ1) is 9.19. The van der Waals surface area contributed by atoms with Crippen molar-refractivity contribution < 1.29 is 4.74 Å². The summed E-state index contributed by atoms with van der Waals surface area (Å²) in [6.07, 6.45) is 0.997.